The van der Waals surface area contributed by atoms with Gasteiger partial charge >= 0.3 is 5.97 Å². The molecule has 2 aromatic carbocycles. The van der Waals surface area contributed by atoms with Crippen molar-refractivity contribution in [1.29, 1.82) is 0 Å². The number of aromatic carboxylic acids is 1. The number of rotatable bonds is 6. The predicted octanol–water partition coefficient (Wildman–Crippen LogP) is 2.32. The van der Waals surface area contributed by atoms with Gasteiger partial charge < -0.3 is 20.3 Å². The fraction of sp³-hybridized carbons (Fsp3) is 0. The Hall–Kier alpha value is -3.62. The molecular weight excluding hydrogens is 306 g/mol. The van der Waals surface area contributed by atoms with Crippen LogP contribution in [-0.2, 0) is 4.79 Å². The molecule has 23 heavy (non-hydrogen) atoms. The van der Waals surface area contributed by atoms with E-state index in [1.54, 1.807) is 0 Å². The van der Waals surface area contributed by atoms with Crippen LogP contribution in [0.25, 0.3) is 0 Å². The number of anilines is 2. The first-order chi connectivity index (χ1) is 11.1. The minimum absolute atomic E-state index is 0.0433. The number of ether oxygens (including phenoxy) is 1. The normalized spacial score (nSPS) is 10.9. The Morgan fingerprint density at radius 1 is 1.13 bits per heavy atom. The summed E-state index contributed by atoms with van der Waals surface area (Å²) in [5, 5.41) is 32.9. The Labute approximate surface area is 129 Å². The maximum Gasteiger partial charge on any atom is 0.335 e. The molecule has 0 amide bonds. The van der Waals surface area contributed by atoms with Crippen molar-refractivity contribution in [3.63, 3.8) is 0 Å². The van der Waals surface area contributed by atoms with Crippen LogP contribution in [0.2, 0.25) is 0 Å². The number of carboxylic acid groups (broad SMARTS) is 1. The second-order valence-electron chi connectivity index (χ2n) is 4.21. The summed E-state index contributed by atoms with van der Waals surface area (Å²) in [5.74, 6) is -0.840. The summed E-state index contributed by atoms with van der Waals surface area (Å²) in [4.78, 5) is 21.0. The summed E-state index contributed by atoms with van der Waals surface area (Å²) >= 11 is 0. The van der Waals surface area contributed by atoms with Crippen molar-refractivity contribution in [1.82, 2.24) is 0 Å². The van der Waals surface area contributed by atoms with Crippen molar-refractivity contribution in [3.05, 3.63) is 59.3 Å². The zero-order chi connectivity index (χ0) is 16.8. The van der Waals surface area contributed by atoms with Crippen LogP contribution in [0.1, 0.15) is 10.4 Å². The van der Waals surface area contributed by atoms with Crippen LogP contribution in [0.5, 0.6) is 5.75 Å². The van der Waals surface area contributed by atoms with Crippen LogP contribution in [0.15, 0.2) is 53.8 Å². The third kappa shape index (κ3) is 3.53. The van der Waals surface area contributed by atoms with Crippen LogP contribution >= 0.6 is 0 Å². The third-order valence-electron chi connectivity index (χ3n) is 2.87. The van der Waals surface area contributed by atoms with Crippen molar-refractivity contribution >= 4 is 23.8 Å². The van der Waals surface area contributed by atoms with Crippen molar-refractivity contribution in [3.8, 4) is 5.75 Å². The predicted molar refractivity (Wildman–Crippen MR) is 76.5 cm³/mol. The summed E-state index contributed by atoms with van der Waals surface area (Å²) in [5.41, 5.74) is 0.618. The zero-order valence-electron chi connectivity index (χ0n) is 11.6. The van der Waals surface area contributed by atoms with Gasteiger partial charge in [0.2, 0.25) is 5.28 Å². The molecule has 0 aliphatic carbocycles. The lowest BCUT2D eigenvalue weighted by Crippen LogP contribution is -2.25. The molecule has 0 radical (unpaired) electrons. The molecule has 9 nitrogen and oxygen atoms in total. The van der Waals surface area contributed by atoms with Crippen LogP contribution < -0.4 is 9.75 Å². The smallest absolute Gasteiger partial charge is 0.335 e. The quantitative estimate of drug-likeness (QED) is 0.362. The second-order valence-corrected chi connectivity index (χ2v) is 4.21. The molecule has 0 unspecified atom stereocenters. The molecule has 2 aromatic rings. The summed E-state index contributed by atoms with van der Waals surface area (Å²) in [7, 11) is 0. The number of carboxylic acids is 1. The molecule has 0 saturated carbocycles. The number of benzene rings is 2. The monoisotopic (exact) mass is 317 g/mol. The van der Waals surface area contributed by atoms with E-state index in [-0.39, 0.29) is 28.4 Å². The van der Waals surface area contributed by atoms with E-state index in [1.807, 2.05) is 0 Å². The first kappa shape index (κ1) is 15.8. The molecule has 0 fully saturated rings. The van der Waals surface area contributed by atoms with Crippen molar-refractivity contribution in [2.24, 2.45) is 5.28 Å². The standard InChI is InChI=1S/C14H11N3O6/c18-9-23-13-7-5-12(6-8-13)16(17(22)15-21)11-3-1-10(2-4-11)14(19)20/h1-9,21H,(H,19,20)/b17-15-. The highest BCUT2D eigenvalue weighted by Crippen LogP contribution is 2.27. The van der Waals surface area contributed by atoms with Crippen molar-refractivity contribution in [2.45, 2.75) is 0 Å². The number of nitrogens with zero attached hydrogens (tertiary/aromatic N) is 3. The van der Waals surface area contributed by atoms with E-state index in [1.165, 1.54) is 48.5 Å². The molecule has 0 aliphatic heterocycles. The maximum absolute atomic E-state index is 11.8. The molecule has 0 bridgehead atoms. The van der Waals surface area contributed by atoms with Gasteiger partial charge in [-0.3, -0.25) is 4.79 Å². The van der Waals surface area contributed by atoms with E-state index in [0.717, 1.165) is 5.01 Å². The lowest BCUT2D eigenvalue weighted by molar-refractivity contribution is -0.558. The number of hydrogen-bond donors (Lipinski definition) is 2. The molecule has 118 valence electrons. The van der Waals surface area contributed by atoms with Gasteiger partial charge in [-0.1, -0.05) is 5.01 Å². The van der Waals surface area contributed by atoms with Gasteiger partial charge in [-0.25, -0.2) is 4.79 Å². The first-order valence-corrected chi connectivity index (χ1v) is 6.23. The molecule has 9 heteroatoms. The lowest BCUT2D eigenvalue weighted by Gasteiger charge is -2.17. The summed E-state index contributed by atoms with van der Waals surface area (Å²) in [6, 6.07) is 11.2. The highest BCUT2D eigenvalue weighted by molar-refractivity contribution is 5.88. The molecule has 0 atom stereocenters. The van der Waals surface area contributed by atoms with E-state index in [9.17, 15) is 14.8 Å². The van der Waals surface area contributed by atoms with Crippen molar-refractivity contribution < 1.29 is 29.6 Å². The minimum atomic E-state index is -1.11. The lowest BCUT2D eigenvalue weighted by atomic mass is 10.2. The average Bonchev–Trinajstić information content (AvgIpc) is 2.57. The highest BCUT2D eigenvalue weighted by atomic mass is 16.6. The molecule has 2 N–H and O–H groups in total. The average molecular weight is 317 g/mol. The summed E-state index contributed by atoms with van der Waals surface area (Å²) < 4.78 is 4.65. The Morgan fingerprint density at radius 3 is 2.09 bits per heavy atom. The van der Waals surface area contributed by atoms with Gasteiger partial charge in [-0.15, -0.1) is 0 Å². The Morgan fingerprint density at radius 2 is 1.65 bits per heavy atom. The summed E-state index contributed by atoms with van der Waals surface area (Å²) in [6.45, 7) is 0.264. The molecule has 0 aliphatic rings. The van der Waals surface area contributed by atoms with Crippen LogP contribution in [0.3, 0.4) is 0 Å². The summed E-state index contributed by atoms with van der Waals surface area (Å²) in [6.07, 6.45) is 0. The largest absolute Gasteiger partial charge is 0.568 e. The fourth-order valence-corrected chi connectivity index (χ4v) is 1.85. The molecule has 0 spiro atoms. The topological polar surface area (TPSA) is 126 Å². The van der Waals surface area contributed by atoms with Crippen molar-refractivity contribution in [2.75, 3.05) is 5.01 Å². The van der Waals surface area contributed by atoms with Gasteiger partial charge in [0.1, 0.15) is 17.1 Å². The fourth-order valence-electron chi connectivity index (χ4n) is 1.85. The second kappa shape index (κ2) is 6.89. The van der Waals surface area contributed by atoms with Gasteiger partial charge in [0.05, 0.1) is 10.5 Å². The van der Waals surface area contributed by atoms with E-state index in [2.05, 4.69) is 10.0 Å². The van der Waals surface area contributed by atoms with Gasteiger partial charge in [0.15, 0.2) is 0 Å². The highest BCUT2D eigenvalue weighted by Gasteiger charge is 2.19. The number of carbonyl (C=O) groups is 2. The van der Waals surface area contributed by atoms with Gasteiger partial charge in [0.25, 0.3) is 6.47 Å². The van der Waals surface area contributed by atoms with Gasteiger partial charge in [-0.05, 0) is 48.5 Å². The Kier molecular flexibility index (Phi) is 4.72. The Balaban J connectivity index is 2.40. The molecule has 0 heterocycles. The number of hydrogen-bond acceptors (Lipinski definition) is 5. The van der Waals surface area contributed by atoms with Crippen LogP contribution in [0, 0.1) is 5.21 Å². The number of carbonyl (C=O) groups excluding carboxylic acids is 1. The van der Waals surface area contributed by atoms with Gasteiger partial charge in [0, 0.05) is 0 Å². The van der Waals surface area contributed by atoms with E-state index in [4.69, 9.17) is 10.3 Å². The molecular formula is C14H11N3O6. The molecule has 0 aromatic heterocycles. The minimum Gasteiger partial charge on any atom is -0.568 e. The Bertz CT molecular complexity index is 727. The zero-order valence-corrected chi connectivity index (χ0v) is 11.6. The van der Waals surface area contributed by atoms with E-state index < -0.39 is 5.97 Å². The van der Waals surface area contributed by atoms with Crippen LogP contribution in [0.4, 0.5) is 11.4 Å². The maximum atomic E-state index is 11.8. The number of hydrazine groups is 1. The third-order valence-corrected chi connectivity index (χ3v) is 2.87. The first-order valence-electron chi connectivity index (χ1n) is 6.23. The molecule has 0 saturated heterocycles. The SMILES string of the molecule is O=COc1ccc(N(c2ccc(C(=O)O)cc2)/[N+]([O-])=N/O)cc1. The van der Waals surface area contributed by atoms with E-state index in [0.29, 0.717) is 5.69 Å². The molecule has 2 rings (SSSR count). The van der Waals surface area contributed by atoms with Gasteiger partial charge in [-0.2, -0.15) is 0 Å². The van der Waals surface area contributed by atoms with Crippen LogP contribution in [-0.4, -0.2) is 27.7 Å². The van der Waals surface area contributed by atoms with E-state index >= 15 is 0 Å².